The number of carbonyl (C=O) groups excluding carboxylic acids is 1. The van der Waals surface area contributed by atoms with E-state index < -0.39 is 0 Å². The van der Waals surface area contributed by atoms with Gasteiger partial charge < -0.3 is 10.1 Å². The molecule has 0 atom stereocenters. The van der Waals surface area contributed by atoms with E-state index in [9.17, 15) is 4.79 Å². The topological polar surface area (TPSA) is 38.3 Å². The zero-order valence-corrected chi connectivity index (χ0v) is 14.9. The average Bonchev–Trinajstić information content (AvgIpc) is 2.61. The first-order valence-electron chi connectivity index (χ1n) is 7.96. The Kier molecular flexibility index (Phi) is 7.10. The number of hydrogen-bond acceptors (Lipinski definition) is 3. The minimum atomic E-state index is -0.00780. The van der Waals surface area contributed by atoms with Gasteiger partial charge in [0.05, 0.1) is 6.61 Å². The van der Waals surface area contributed by atoms with Gasteiger partial charge in [-0.15, -0.1) is 12.4 Å². The normalized spacial score (nSPS) is 14.7. The Hall–Kier alpha value is -1.55. The van der Waals surface area contributed by atoms with Crippen molar-refractivity contribution in [2.75, 3.05) is 19.7 Å². The second-order valence-electron chi connectivity index (χ2n) is 5.86. The molecule has 0 unspecified atom stereocenters. The summed E-state index contributed by atoms with van der Waals surface area (Å²) in [5.41, 5.74) is 1.29. The molecule has 1 heterocycles. The third kappa shape index (κ3) is 4.97. The van der Waals surface area contributed by atoms with Crippen LogP contribution in [0.4, 0.5) is 0 Å². The summed E-state index contributed by atoms with van der Waals surface area (Å²) >= 11 is 5.85. The molecule has 0 bridgehead atoms. The maximum absolute atomic E-state index is 12.4. The second kappa shape index (κ2) is 9.07. The second-order valence-corrected chi connectivity index (χ2v) is 6.30. The van der Waals surface area contributed by atoms with E-state index in [1.54, 1.807) is 24.3 Å². The molecule has 1 N–H and O–H groups in total. The maximum Gasteiger partial charge on any atom is 0.193 e. The van der Waals surface area contributed by atoms with Gasteiger partial charge in [0.15, 0.2) is 5.78 Å². The van der Waals surface area contributed by atoms with Gasteiger partial charge >= 0.3 is 0 Å². The molecule has 0 amide bonds. The van der Waals surface area contributed by atoms with Gasteiger partial charge in [-0.05, 0) is 80.4 Å². The molecular weight excluding hydrogens is 345 g/mol. The standard InChI is InChI=1S/C19H20ClNO2.ClH/c20-17-5-1-15(2-6-17)19(22)16-3-7-18(8-4-16)23-13-14-9-11-21-12-10-14;/h1-8,14,21H,9-13H2;1H. The van der Waals surface area contributed by atoms with Gasteiger partial charge in [0.1, 0.15) is 5.75 Å². The van der Waals surface area contributed by atoms with Gasteiger partial charge in [-0.2, -0.15) is 0 Å². The number of ether oxygens (including phenoxy) is 1. The third-order valence-corrected chi connectivity index (χ3v) is 4.42. The number of hydrogen-bond donors (Lipinski definition) is 1. The van der Waals surface area contributed by atoms with E-state index in [1.165, 1.54) is 0 Å². The minimum Gasteiger partial charge on any atom is -0.493 e. The van der Waals surface area contributed by atoms with Crippen LogP contribution >= 0.6 is 24.0 Å². The number of carbonyl (C=O) groups is 1. The molecule has 2 aromatic carbocycles. The highest BCUT2D eigenvalue weighted by atomic mass is 35.5. The molecule has 0 aliphatic carbocycles. The van der Waals surface area contributed by atoms with Gasteiger partial charge in [0.2, 0.25) is 0 Å². The summed E-state index contributed by atoms with van der Waals surface area (Å²) in [5.74, 6) is 1.43. The van der Waals surface area contributed by atoms with Crippen LogP contribution in [0.1, 0.15) is 28.8 Å². The van der Waals surface area contributed by atoms with Crippen molar-refractivity contribution in [2.24, 2.45) is 5.92 Å². The molecule has 3 nitrogen and oxygen atoms in total. The highest BCUT2D eigenvalue weighted by Gasteiger charge is 2.14. The number of benzene rings is 2. The van der Waals surface area contributed by atoms with Gasteiger partial charge in [-0.3, -0.25) is 4.79 Å². The van der Waals surface area contributed by atoms with E-state index in [0.717, 1.165) is 38.3 Å². The third-order valence-electron chi connectivity index (χ3n) is 4.17. The van der Waals surface area contributed by atoms with Crippen molar-refractivity contribution in [3.63, 3.8) is 0 Å². The van der Waals surface area contributed by atoms with Crippen molar-refractivity contribution in [1.82, 2.24) is 5.32 Å². The SMILES string of the molecule is Cl.O=C(c1ccc(Cl)cc1)c1ccc(OCC2CCNCC2)cc1. The summed E-state index contributed by atoms with van der Waals surface area (Å²) in [6, 6.07) is 14.3. The predicted molar refractivity (Wildman–Crippen MR) is 99.7 cm³/mol. The Morgan fingerprint density at radius 2 is 1.54 bits per heavy atom. The summed E-state index contributed by atoms with van der Waals surface area (Å²) in [5, 5.41) is 3.98. The van der Waals surface area contributed by atoms with Crippen LogP contribution in [0.15, 0.2) is 48.5 Å². The lowest BCUT2D eigenvalue weighted by molar-refractivity contribution is 0.103. The van der Waals surface area contributed by atoms with Crippen LogP contribution in [-0.2, 0) is 0 Å². The van der Waals surface area contributed by atoms with E-state index >= 15 is 0 Å². The molecule has 24 heavy (non-hydrogen) atoms. The van der Waals surface area contributed by atoms with E-state index in [-0.39, 0.29) is 18.2 Å². The molecule has 2 aromatic rings. The molecule has 1 aliphatic rings. The highest BCUT2D eigenvalue weighted by molar-refractivity contribution is 6.30. The molecule has 1 saturated heterocycles. The van der Waals surface area contributed by atoms with Crippen molar-refractivity contribution >= 4 is 29.8 Å². The van der Waals surface area contributed by atoms with E-state index in [2.05, 4.69) is 5.32 Å². The number of halogens is 2. The van der Waals surface area contributed by atoms with E-state index in [1.807, 2.05) is 24.3 Å². The molecule has 1 fully saturated rings. The Morgan fingerprint density at radius 3 is 2.12 bits per heavy atom. The smallest absolute Gasteiger partial charge is 0.193 e. The minimum absolute atomic E-state index is 0. The van der Waals surface area contributed by atoms with Crippen LogP contribution in [0.3, 0.4) is 0 Å². The van der Waals surface area contributed by atoms with Crippen LogP contribution in [-0.4, -0.2) is 25.5 Å². The van der Waals surface area contributed by atoms with Crippen LogP contribution in [0, 0.1) is 5.92 Å². The molecule has 0 spiro atoms. The molecule has 0 radical (unpaired) electrons. The maximum atomic E-state index is 12.4. The highest BCUT2D eigenvalue weighted by Crippen LogP contribution is 2.19. The van der Waals surface area contributed by atoms with Crippen molar-refractivity contribution in [1.29, 1.82) is 0 Å². The van der Waals surface area contributed by atoms with Crippen molar-refractivity contribution in [3.05, 3.63) is 64.7 Å². The van der Waals surface area contributed by atoms with Gasteiger partial charge in [-0.25, -0.2) is 0 Å². The van der Waals surface area contributed by atoms with Crippen LogP contribution in [0.25, 0.3) is 0 Å². The summed E-state index contributed by atoms with van der Waals surface area (Å²) in [7, 11) is 0. The number of piperidine rings is 1. The fraction of sp³-hybridized carbons (Fsp3) is 0.316. The molecule has 5 heteroatoms. The average molecular weight is 366 g/mol. The zero-order chi connectivity index (χ0) is 16.1. The number of ketones is 1. The predicted octanol–water partition coefficient (Wildman–Crippen LogP) is 4.37. The van der Waals surface area contributed by atoms with E-state index in [4.69, 9.17) is 16.3 Å². The summed E-state index contributed by atoms with van der Waals surface area (Å²) in [6.45, 7) is 2.89. The molecule has 3 rings (SSSR count). The molecule has 128 valence electrons. The van der Waals surface area contributed by atoms with Gasteiger partial charge in [-0.1, -0.05) is 11.6 Å². The number of nitrogens with one attached hydrogen (secondary N) is 1. The van der Waals surface area contributed by atoms with Crippen molar-refractivity contribution in [3.8, 4) is 5.75 Å². The lowest BCUT2D eigenvalue weighted by atomic mass is 9.99. The Morgan fingerprint density at radius 1 is 1.00 bits per heavy atom. The van der Waals surface area contributed by atoms with Crippen LogP contribution < -0.4 is 10.1 Å². The Balaban J connectivity index is 0.00000208. The van der Waals surface area contributed by atoms with Crippen molar-refractivity contribution in [2.45, 2.75) is 12.8 Å². The molecule has 1 aliphatic heterocycles. The quantitative estimate of drug-likeness (QED) is 0.799. The number of rotatable bonds is 5. The summed E-state index contributed by atoms with van der Waals surface area (Å²) < 4.78 is 5.85. The summed E-state index contributed by atoms with van der Waals surface area (Å²) in [4.78, 5) is 12.4. The van der Waals surface area contributed by atoms with Crippen LogP contribution in [0.2, 0.25) is 5.02 Å². The fourth-order valence-electron chi connectivity index (χ4n) is 2.73. The first-order chi connectivity index (χ1) is 11.2. The lowest BCUT2D eigenvalue weighted by Crippen LogP contribution is -2.30. The monoisotopic (exact) mass is 365 g/mol. The Bertz CT molecular complexity index is 650. The Labute approximate surface area is 153 Å². The first kappa shape index (κ1) is 18.8. The fourth-order valence-corrected chi connectivity index (χ4v) is 2.86. The van der Waals surface area contributed by atoms with E-state index in [0.29, 0.717) is 22.1 Å². The van der Waals surface area contributed by atoms with Crippen molar-refractivity contribution < 1.29 is 9.53 Å². The van der Waals surface area contributed by atoms with Gasteiger partial charge in [0.25, 0.3) is 0 Å². The molecular formula is C19H21Cl2NO2. The summed E-state index contributed by atoms with van der Waals surface area (Å²) in [6.07, 6.45) is 2.32. The van der Waals surface area contributed by atoms with Crippen LogP contribution in [0.5, 0.6) is 5.75 Å². The first-order valence-corrected chi connectivity index (χ1v) is 8.34. The van der Waals surface area contributed by atoms with Gasteiger partial charge in [0, 0.05) is 16.1 Å². The lowest BCUT2D eigenvalue weighted by Gasteiger charge is -2.22. The largest absolute Gasteiger partial charge is 0.493 e. The zero-order valence-electron chi connectivity index (χ0n) is 13.3. The molecule has 0 saturated carbocycles. The molecule has 0 aromatic heterocycles.